The Balaban J connectivity index is 3.56. The van der Waals surface area contributed by atoms with Gasteiger partial charge in [-0.2, -0.15) is 0 Å². The van der Waals surface area contributed by atoms with Crippen LogP contribution in [0.3, 0.4) is 0 Å². The molecule has 0 spiro atoms. The van der Waals surface area contributed by atoms with E-state index in [1.165, 1.54) is 0 Å². The first-order valence-electron chi connectivity index (χ1n) is 2.41. The molecule has 0 saturated carbocycles. The first kappa shape index (κ1) is 8.05. The van der Waals surface area contributed by atoms with Gasteiger partial charge in [0.25, 0.3) is 0 Å². The summed E-state index contributed by atoms with van der Waals surface area (Å²) in [6.07, 6.45) is 3.47. The number of rotatable bonds is 0. The van der Waals surface area contributed by atoms with Gasteiger partial charge in [0, 0.05) is 0 Å². The van der Waals surface area contributed by atoms with Crippen molar-refractivity contribution in [2.75, 3.05) is 0 Å². The minimum absolute atomic E-state index is 1.73. The molecule has 2 heteroatoms. The van der Waals surface area contributed by atoms with Crippen LogP contribution in [0.25, 0.3) is 0 Å². The summed E-state index contributed by atoms with van der Waals surface area (Å²) in [6.45, 7) is 0. The molecule has 0 atom stereocenters. The van der Waals surface area contributed by atoms with Crippen molar-refractivity contribution in [3.05, 3.63) is 12.2 Å². The third-order valence-electron chi connectivity index (χ3n) is 0.539. The van der Waals surface area contributed by atoms with Gasteiger partial charge in [0.15, 0.2) is 0 Å². The molecule has 0 saturated heterocycles. The van der Waals surface area contributed by atoms with Crippen molar-refractivity contribution in [2.24, 2.45) is 0 Å². The van der Waals surface area contributed by atoms with Crippen molar-refractivity contribution in [1.29, 1.82) is 0 Å². The fourth-order valence-corrected chi connectivity index (χ4v) is 0.250. The van der Waals surface area contributed by atoms with E-state index in [0.717, 1.165) is 0 Å². The third kappa shape index (κ3) is 6.05. The number of hydrogen-bond acceptors (Lipinski definition) is 0. The van der Waals surface area contributed by atoms with Gasteiger partial charge in [-0.15, -0.1) is 0 Å². The van der Waals surface area contributed by atoms with Crippen molar-refractivity contribution in [3.63, 3.8) is 0 Å². The molecule has 0 aromatic carbocycles. The summed E-state index contributed by atoms with van der Waals surface area (Å²) in [5.74, 6) is 5.50. The fourth-order valence-electron chi connectivity index (χ4n) is 0.250. The Morgan fingerprint density at radius 3 is 1.50 bits per heavy atom. The summed E-state index contributed by atoms with van der Waals surface area (Å²) < 4.78 is 5.44. The van der Waals surface area contributed by atoms with Crippen LogP contribution in [-0.2, 0) is 0 Å². The average molecular weight is 88.0 g/mol. The molecular formula is C6H2Li2. The molecule has 0 N–H and O–H groups in total. The van der Waals surface area contributed by atoms with Gasteiger partial charge in [0.05, 0.1) is 0 Å². The maximum atomic E-state index is 2.75. The topological polar surface area (TPSA) is 0 Å². The van der Waals surface area contributed by atoms with Crippen molar-refractivity contribution in [1.82, 2.24) is 0 Å². The molecule has 0 unspecified atom stereocenters. The number of allylic oxidation sites excluding steroid dienone is 2. The fraction of sp³-hybridized carbons (Fsp3) is 0. The van der Waals surface area contributed by atoms with Gasteiger partial charge in [-0.25, -0.2) is 0 Å². The Morgan fingerprint density at radius 1 is 0.875 bits per heavy atom. The van der Waals surface area contributed by atoms with Crippen molar-refractivity contribution in [3.8, 4) is 21.0 Å². The summed E-state index contributed by atoms with van der Waals surface area (Å²) in [4.78, 5) is 0. The van der Waals surface area contributed by atoms with Crippen LogP contribution < -0.4 is 0 Å². The second-order valence-corrected chi connectivity index (χ2v) is 1.12. The van der Waals surface area contributed by atoms with E-state index in [1.54, 1.807) is 47.6 Å². The van der Waals surface area contributed by atoms with Gasteiger partial charge in [-0.1, -0.05) is 0 Å². The Bertz CT molecular complexity index is 160. The molecular weight excluding hydrogens is 85.9 g/mol. The zero-order chi connectivity index (χ0) is 6.24. The average Bonchev–Trinajstić information content (AvgIpc) is 1.81. The van der Waals surface area contributed by atoms with E-state index >= 15 is 0 Å². The van der Waals surface area contributed by atoms with Crippen LogP contribution in [0, 0.1) is 21.0 Å². The predicted octanol–water partition coefficient (Wildman–Crippen LogP) is -0.199. The molecule has 0 fully saturated rings. The molecule has 0 aromatic heterocycles. The zero-order valence-electron chi connectivity index (χ0n) is 5.15. The first-order valence-corrected chi connectivity index (χ1v) is 2.41. The molecule has 28 valence electrons. The second kappa shape index (κ2) is 7.05. The summed E-state index contributed by atoms with van der Waals surface area (Å²) in [6, 6.07) is 0. The molecule has 0 aliphatic heterocycles. The molecule has 0 heterocycles. The minimum atomic E-state index is 1.73. The van der Waals surface area contributed by atoms with E-state index in [9.17, 15) is 0 Å². The van der Waals surface area contributed by atoms with E-state index in [2.05, 4.69) is 21.0 Å². The number of hydrogen-bond donors (Lipinski definition) is 0. The van der Waals surface area contributed by atoms with Crippen LogP contribution in [-0.4, -0.2) is 35.4 Å². The molecule has 0 amide bonds. The molecule has 0 bridgehead atoms. The summed E-state index contributed by atoms with van der Waals surface area (Å²) in [5, 5.41) is 0. The predicted molar refractivity (Wildman–Crippen MR) is 36.2 cm³/mol. The van der Waals surface area contributed by atoms with Gasteiger partial charge >= 0.3 is 68.6 Å². The van der Waals surface area contributed by atoms with Crippen molar-refractivity contribution >= 4 is 35.4 Å². The Labute approximate surface area is 68.5 Å². The van der Waals surface area contributed by atoms with Gasteiger partial charge in [-0.3, -0.25) is 0 Å². The van der Waals surface area contributed by atoms with Crippen LogP contribution >= 0.6 is 0 Å². The Kier molecular flexibility index (Phi) is 7.10. The van der Waals surface area contributed by atoms with E-state index in [0.29, 0.717) is 0 Å². The molecule has 0 nitrogen and oxygen atoms in total. The molecule has 0 aliphatic rings. The van der Waals surface area contributed by atoms with Gasteiger partial charge in [0.2, 0.25) is 0 Å². The molecule has 0 radical (unpaired) electrons. The van der Waals surface area contributed by atoms with Crippen LogP contribution in [0.1, 0.15) is 0 Å². The molecule has 0 aromatic rings. The van der Waals surface area contributed by atoms with E-state index in [-0.39, 0.29) is 0 Å². The summed E-state index contributed by atoms with van der Waals surface area (Å²) in [7, 11) is 0. The van der Waals surface area contributed by atoms with Crippen molar-refractivity contribution in [2.45, 2.75) is 0 Å². The molecule has 8 heavy (non-hydrogen) atoms. The standard InChI is InChI=1S/C6H2.2Li/c1-3-5-6-4-2;;/h5-6H;;. The maximum absolute atomic E-state index is 2.75. The van der Waals surface area contributed by atoms with Gasteiger partial charge < -0.3 is 0 Å². The second-order valence-electron chi connectivity index (χ2n) is 1.12. The van der Waals surface area contributed by atoms with Crippen LogP contribution in [0.5, 0.6) is 0 Å². The monoisotopic (exact) mass is 88.0 g/mol. The normalized spacial score (nSPS) is 7.00. The Morgan fingerprint density at radius 2 is 1.25 bits per heavy atom. The zero-order valence-corrected chi connectivity index (χ0v) is 5.15. The van der Waals surface area contributed by atoms with E-state index in [1.807, 2.05) is 0 Å². The van der Waals surface area contributed by atoms with E-state index in [4.69, 9.17) is 0 Å². The first-order chi connectivity index (χ1) is 3.91. The van der Waals surface area contributed by atoms with Crippen LogP contribution in [0.4, 0.5) is 0 Å². The SMILES string of the molecule is [Li][C]#CC=CC#[C][Li]. The van der Waals surface area contributed by atoms with Gasteiger partial charge in [0.1, 0.15) is 0 Å². The summed E-state index contributed by atoms with van der Waals surface area (Å²) in [5.41, 5.74) is 0. The Hall–Kier alpha value is 0.0548. The third-order valence-corrected chi connectivity index (χ3v) is 0.539. The quantitative estimate of drug-likeness (QED) is 0.284. The van der Waals surface area contributed by atoms with Crippen LogP contribution in [0.15, 0.2) is 12.2 Å². The van der Waals surface area contributed by atoms with Crippen LogP contribution in [0.2, 0.25) is 0 Å². The van der Waals surface area contributed by atoms with Crippen molar-refractivity contribution < 1.29 is 0 Å². The molecule has 0 aliphatic carbocycles. The summed E-state index contributed by atoms with van der Waals surface area (Å²) >= 11 is 3.59. The van der Waals surface area contributed by atoms with Gasteiger partial charge in [-0.05, 0) is 0 Å². The van der Waals surface area contributed by atoms with E-state index < -0.39 is 0 Å². The molecule has 0 rings (SSSR count).